The molecular formula is C18H23N3O3. The van der Waals surface area contributed by atoms with Gasteiger partial charge in [-0.25, -0.2) is 0 Å². The van der Waals surface area contributed by atoms with E-state index < -0.39 is 0 Å². The Morgan fingerprint density at radius 2 is 1.96 bits per heavy atom. The zero-order valence-corrected chi connectivity index (χ0v) is 13.7. The summed E-state index contributed by atoms with van der Waals surface area (Å²) in [7, 11) is 0. The lowest BCUT2D eigenvalue weighted by molar-refractivity contribution is -0.177. The first-order valence-corrected chi connectivity index (χ1v) is 8.67. The van der Waals surface area contributed by atoms with Crippen LogP contribution in [0.15, 0.2) is 34.7 Å². The Kier molecular flexibility index (Phi) is 4.35. The van der Waals surface area contributed by atoms with Crippen LogP contribution in [0.25, 0.3) is 11.5 Å². The topological polar surface area (TPSA) is 71.6 Å². The van der Waals surface area contributed by atoms with E-state index in [9.17, 15) is 5.11 Å². The summed E-state index contributed by atoms with van der Waals surface area (Å²) >= 11 is 0. The van der Waals surface area contributed by atoms with Crippen molar-refractivity contribution in [2.75, 3.05) is 19.7 Å². The van der Waals surface area contributed by atoms with Gasteiger partial charge in [0.1, 0.15) is 0 Å². The summed E-state index contributed by atoms with van der Waals surface area (Å²) in [6, 6.07) is 9.80. The van der Waals surface area contributed by atoms with Crippen LogP contribution < -0.4 is 0 Å². The van der Waals surface area contributed by atoms with Crippen molar-refractivity contribution in [3.63, 3.8) is 0 Å². The third kappa shape index (κ3) is 3.09. The third-order valence-electron chi connectivity index (χ3n) is 5.17. The monoisotopic (exact) mass is 329 g/mol. The number of piperidine rings is 1. The summed E-state index contributed by atoms with van der Waals surface area (Å²) < 4.78 is 11.7. The molecule has 3 heterocycles. The van der Waals surface area contributed by atoms with Crippen LogP contribution in [0, 0.1) is 0 Å². The van der Waals surface area contributed by atoms with Crippen molar-refractivity contribution in [1.29, 1.82) is 0 Å². The summed E-state index contributed by atoms with van der Waals surface area (Å²) in [6.07, 6.45) is 3.18. The van der Waals surface area contributed by atoms with Gasteiger partial charge >= 0.3 is 0 Å². The van der Waals surface area contributed by atoms with E-state index in [0.717, 1.165) is 50.9 Å². The zero-order valence-electron chi connectivity index (χ0n) is 13.7. The van der Waals surface area contributed by atoms with Gasteiger partial charge in [-0.15, -0.1) is 10.2 Å². The van der Waals surface area contributed by atoms with E-state index in [1.807, 2.05) is 30.3 Å². The van der Waals surface area contributed by atoms with Crippen LogP contribution in [0.2, 0.25) is 0 Å². The molecule has 1 aromatic heterocycles. The van der Waals surface area contributed by atoms with Crippen molar-refractivity contribution in [3.8, 4) is 11.5 Å². The number of hydrogen-bond acceptors (Lipinski definition) is 6. The van der Waals surface area contributed by atoms with Gasteiger partial charge in [0.25, 0.3) is 0 Å². The number of ether oxygens (including phenoxy) is 1. The lowest BCUT2D eigenvalue weighted by Crippen LogP contribution is -2.55. The molecule has 24 heavy (non-hydrogen) atoms. The molecule has 2 aliphatic rings. The Morgan fingerprint density at radius 1 is 1.17 bits per heavy atom. The quantitative estimate of drug-likeness (QED) is 0.931. The molecule has 0 amide bonds. The summed E-state index contributed by atoms with van der Waals surface area (Å²) in [6.45, 7) is 3.16. The van der Waals surface area contributed by atoms with Crippen LogP contribution in [0.5, 0.6) is 0 Å². The zero-order chi connectivity index (χ0) is 16.4. The lowest BCUT2D eigenvalue weighted by atomic mass is 9.82. The van der Waals surface area contributed by atoms with Crippen LogP contribution in [-0.2, 0) is 11.3 Å². The molecule has 1 spiro atoms. The minimum absolute atomic E-state index is 0.332. The molecule has 1 atom stereocenters. The number of nitrogens with zero attached hydrogens (tertiary/aromatic N) is 3. The largest absolute Gasteiger partial charge is 0.419 e. The molecule has 0 unspecified atom stereocenters. The van der Waals surface area contributed by atoms with Gasteiger partial charge in [0.2, 0.25) is 11.8 Å². The SMILES string of the molecule is O[C@@H]1CCCOC12CCN(Cc1nnc(-c3ccccc3)o1)CC2. The second kappa shape index (κ2) is 6.63. The van der Waals surface area contributed by atoms with Gasteiger partial charge in [-0.05, 0) is 37.8 Å². The maximum Gasteiger partial charge on any atom is 0.247 e. The molecule has 2 fully saturated rings. The molecule has 0 aliphatic carbocycles. The molecule has 128 valence electrons. The minimum Gasteiger partial charge on any atom is -0.419 e. The second-order valence-electron chi connectivity index (χ2n) is 6.71. The van der Waals surface area contributed by atoms with Gasteiger partial charge < -0.3 is 14.3 Å². The van der Waals surface area contributed by atoms with Crippen molar-refractivity contribution in [2.24, 2.45) is 0 Å². The summed E-state index contributed by atoms with van der Waals surface area (Å²) in [5.41, 5.74) is 0.603. The fourth-order valence-electron chi connectivity index (χ4n) is 3.68. The van der Waals surface area contributed by atoms with E-state index in [1.54, 1.807) is 0 Å². The van der Waals surface area contributed by atoms with Gasteiger partial charge in [0, 0.05) is 25.3 Å². The van der Waals surface area contributed by atoms with Crippen LogP contribution >= 0.6 is 0 Å². The Balaban J connectivity index is 1.37. The van der Waals surface area contributed by atoms with E-state index in [-0.39, 0.29) is 11.7 Å². The first-order chi connectivity index (χ1) is 11.8. The highest BCUT2D eigenvalue weighted by molar-refractivity contribution is 5.51. The highest BCUT2D eigenvalue weighted by Crippen LogP contribution is 2.35. The Morgan fingerprint density at radius 3 is 2.71 bits per heavy atom. The molecule has 1 aromatic carbocycles. The summed E-state index contributed by atoms with van der Waals surface area (Å²) in [5, 5.41) is 18.6. The first-order valence-electron chi connectivity index (χ1n) is 8.67. The van der Waals surface area contributed by atoms with Crippen molar-refractivity contribution >= 4 is 0 Å². The van der Waals surface area contributed by atoms with E-state index >= 15 is 0 Å². The van der Waals surface area contributed by atoms with E-state index in [4.69, 9.17) is 9.15 Å². The van der Waals surface area contributed by atoms with Gasteiger partial charge in [-0.3, -0.25) is 4.90 Å². The molecule has 1 N–H and O–H groups in total. The predicted molar refractivity (Wildman–Crippen MR) is 88.2 cm³/mol. The average molecular weight is 329 g/mol. The van der Waals surface area contributed by atoms with Gasteiger partial charge in [0.15, 0.2) is 0 Å². The normalized spacial score (nSPS) is 24.3. The highest BCUT2D eigenvalue weighted by Gasteiger charge is 2.43. The third-order valence-corrected chi connectivity index (χ3v) is 5.17. The van der Waals surface area contributed by atoms with Crippen LogP contribution in [0.1, 0.15) is 31.6 Å². The number of aliphatic hydroxyl groups is 1. The number of likely N-dealkylation sites (tertiary alicyclic amines) is 1. The molecule has 0 saturated carbocycles. The molecular weight excluding hydrogens is 306 g/mol. The smallest absolute Gasteiger partial charge is 0.247 e. The van der Waals surface area contributed by atoms with Gasteiger partial charge in [-0.1, -0.05) is 18.2 Å². The molecule has 2 aromatic rings. The highest BCUT2D eigenvalue weighted by atomic mass is 16.5. The van der Waals surface area contributed by atoms with E-state index in [1.165, 1.54) is 0 Å². The molecule has 2 aliphatic heterocycles. The van der Waals surface area contributed by atoms with Gasteiger partial charge in [0.05, 0.1) is 18.2 Å². The molecule has 6 heteroatoms. The second-order valence-corrected chi connectivity index (χ2v) is 6.71. The maximum atomic E-state index is 10.3. The molecule has 6 nitrogen and oxygen atoms in total. The van der Waals surface area contributed by atoms with E-state index in [2.05, 4.69) is 15.1 Å². The Bertz CT molecular complexity index is 665. The van der Waals surface area contributed by atoms with Crippen LogP contribution in [0.3, 0.4) is 0 Å². The number of aliphatic hydroxyl groups excluding tert-OH is 1. The number of aromatic nitrogens is 2. The van der Waals surface area contributed by atoms with Crippen LogP contribution in [-0.4, -0.2) is 51.6 Å². The van der Waals surface area contributed by atoms with Crippen molar-refractivity contribution < 1.29 is 14.3 Å². The first kappa shape index (κ1) is 15.7. The van der Waals surface area contributed by atoms with Crippen molar-refractivity contribution in [3.05, 3.63) is 36.2 Å². The molecule has 0 radical (unpaired) electrons. The standard InChI is InChI=1S/C18H23N3O3/c22-15-7-4-12-23-18(15)8-10-21(11-9-18)13-16-19-20-17(24-16)14-5-2-1-3-6-14/h1-3,5-6,15,22H,4,7-13H2/t15-/m1/s1. The van der Waals surface area contributed by atoms with Crippen LogP contribution in [0.4, 0.5) is 0 Å². The van der Waals surface area contributed by atoms with E-state index in [0.29, 0.717) is 18.3 Å². The molecule has 0 bridgehead atoms. The number of benzene rings is 1. The van der Waals surface area contributed by atoms with Crippen molar-refractivity contribution in [2.45, 2.75) is 43.9 Å². The minimum atomic E-state index is -0.335. The fraction of sp³-hybridized carbons (Fsp3) is 0.556. The van der Waals surface area contributed by atoms with Crippen molar-refractivity contribution in [1.82, 2.24) is 15.1 Å². The van der Waals surface area contributed by atoms with Gasteiger partial charge in [-0.2, -0.15) is 0 Å². The Labute approximate surface area is 141 Å². The number of hydrogen-bond donors (Lipinski definition) is 1. The predicted octanol–water partition coefficient (Wildman–Crippen LogP) is 2.24. The maximum absolute atomic E-state index is 10.3. The fourth-order valence-corrected chi connectivity index (χ4v) is 3.68. The molecule has 2 saturated heterocycles. The lowest BCUT2D eigenvalue weighted by Gasteiger charge is -2.46. The average Bonchev–Trinajstić information content (AvgIpc) is 3.09. The Hall–Kier alpha value is -1.76. The molecule has 4 rings (SSSR count). The summed E-state index contributed by atoms with van der Waals surface area (Å²) in [5.74, 6) is 1.19. The number of rotatable bonds is 3. The summed E-state index contributed by atoms with van der Waals surface area (Å²) in [4.78, 5) is 2.29.